The van der Waals surface area contributed by atoms with Crippen molar-refractivity contribution < 1.29 is 9.53 Å². The summed E-state index contributed by atoms with van der Waals surface area (Å²) < 4.78 is 6.53. The minimum absolute atomic E-state index is 0.136. The van der Waals surface area contributed by atoms with Gasteiger partial charge in [0.15, 0.2) is 0 Å². The molecule has 1 fully saturated rings. The van der Waals surface area contributed by atoms with Gasteiger partial charge >= 0.3 is 6.09 Å². The monoisotopic (exact) mass is 293 g/mol. The smallest absolute Gasteiger partial charge is 0.410 e. The van der Waals surface area contributed by atoms with E-state index in [4.69, 9.17) is 4.74 Å². The zero-order chi connectivity index (χ0) is 9.26. The summed E-state index contributed by atoms with van der Waals surface area (Å²) in [6.07, 6.45) is 5.23. The van der Waals surface area contributed by atoms with Crippen molar-refractivity contribution in [3.05, 3.63) is 9.66 Å². The van der Waals surface area contributed by atoms with Crippen LogP contribution in [0, 0.1) is 0 Å². The summed E-state index contributed by atoms with van der Waals surface area (Å²) in [5, 5.41) is 0. The van der Waals surface area contributed by atoms with Crippen LogP contribution in [0.15, 0.2) is 9.66 Å². The van der Waals surface area contributed by atoms with Crippen molar-refractivity contribution in [1.29, 1.82) is 0 Å². The third-order valence-electron chi connectivity index (χ3n) is 2.20. The minimum Gasteiger partial charge on any atom is -0.446 e. The zero-order valence-corrected chi connectivity index (χ0v) is 9.49. The number of nitrogens with zero attached hydrogens (tertiary/aromatic N) is 1. The molecule has 0 bridgehead atoms. The van der Waals surface area contributed by atoms with Crippen molar-refractivity contribution in [3.63, 3.8) is 0 Å². The van der Waals surface area contributed by atoms with Crippen LogP contribution in [0.4, 0.5) is 4.79 Å². The largest absolute Gasteiger partial charge is 0.446 e. The highest BCUT2D eigenvalue weighted by Gasteiger charge is 2.28. The second-order valence-electron chi connectivity index (χ2n) is 3.43. The molecule has 4 heteroatoms. The van der Waals surface area contributed by atoms with Gasteiger partial charge in [-0.1, -0.05) is 6.08 Å². The molecule has 13 heavy (non-hydrogen) atoms. The molecule has 2 rings (SSSR count). The van der Waals surface area contributed by atoms with E-state index in [1.807, 2.05) is 0 Å². The average Bonchev–Trinajstić information content (AvgIpc) is 2.89. The van der Waals surface area contributed by atoms with Gasteiger partial charge in [-0.05, 0) is 45.4 Å². The van der Waals surface area contributed by atoms with Gasteiger partial charge in [-0.3, -0.25) is 0 Å². The van der Waals surface area contributed by atoms with Crippen LogP contribution in [0.3, 0.4) is 0 Å². The first-order valence-electron chi connectivity index (χ1n) is 4.56. The van der Waals surface area contributed by atoms with Gasteiger partial charge in [0.2, 0.25) is 0 Å². The van der Waals surface area contributed by atoms with Crippen LogP contribution in [0.25, 0.3) is 0 Å². The van der Waals surface area contributed by atoms with Gasteiger partial charge in [0, 0.05) is 13.1 Å². The van der Waals surface area contributed by atoms with E-state index in [0.717, 1.165) is 25.8 Å². The molecule has 0 N–H and O–H groups in total. The molecule has 0 spiro atoms. The van der Waals surface area contributed by atoms with Crippen LogP contribution < -0.4 is 0 Å². The Balaban J connectivity index is 1.83. The molecular weight excluding hydrogens is 281 g/mol. The van der Waals surface area contributed by atoms with E-state index in [2.05, 4.69) is 28.7 Å². The summed E-state index contributed by atoms with van der Waals surface area (Å²) in [7, 11) is 0. The molecule has 2 aliphatic rings. The SMILES string of the molecule is O=C(OC1CC1)N1CC=C(I)CC1. The van der Waals surface area contributed by atoms with Crippen molar-refractivity contribution >= 4 is 28.7 Å². The lowest BCUT2D eigenvalue weighted by Gasteiger charge is -2.23. The lowest BCUT2D eigenvalue weighted by molar-refractivity contribution is 0.0990. The van der Waals surface area contributed by atoms with Crippen LogP contribution >= 0.6 is 22.6 Å². The van der Waals surface area contributed by atoms with E-state index in [1.165, 1.54) is 3.58 Å². The fourth-order valence-corrected chi connectivity index (χ4v) is 1.65. The Morgan fingerprint density at radius 2 is 2.38 bits per heavy atom. The fraction of sp³-hybridized carbons (Fsp3) is 0.667. The van der Waals surface area contributed by atoms with E-state index in [9.17, 15) is 4.79 Å². The summed E-state index contributed by atoms with van der Waals surface area (Å²) >= 11 is 2.31. The number of carbonyl (C=O) groups is 1. The maximum Gasteiger partial charge on any atom is 0.410 e. The maximum atomic E-state index is 11.4. The van der Waals surface area contributed by atoms with Crippen molar-refractivity contribution in [3.8, 4) is 0 Å². The van der Waals surface area contributed by atoms with Crippen LogP contribution in [0.1, 0.15) is 19.3 Å². The highest BCUT2D eigenvalue weighted by Crippen LogP contribution is 2.25. The Morgan fingerprint density at radius 1 is 1.62 bits per heavy atom. The van der Waals surface area contributed by atoms with Crippen LogP contribution in [-0.4, -0.2) is 30.2 Å². The van der Waals surface area contributed by atoms with Gasteiger partial charge < -0.3 is 9.64 Å². The van der Waals surface area contributed by atoms with Crippen molar-refractivity contribution in [2.75, 3.05) is 13.1 Å². The average molecular weight is 293 g/mol. The highest BCUT2D eigenvalue weighted by atomic mass is 127. The van der Waals surface area contributed by atoms with E-state index in [-0.39, 0.29) is 12.2 Å². The zero-order valence-electron chi connectivity index (χ0n) is 7.33. The van der Waals surface area contributed by atoms with E-state index in [1.54, 1.807) is 4.90 Å². The number of rotatable bonds is 1. The standard InChI is InChI=1S/C9H12INO2/c10-7-3-5-11(6-4-7)9(12)13-8-1-2-8/h3,8H,1-2,4-6H2. The molecule has 0 aromatic heterocycles. The fourth-order valence-electron chi connectivity index (χ4n) is 1.21. The first-order chi connectivity index (χ1) is 6.25. The molecule has 0 radical (unpaired) electrons. The van der Waals surface area contributed by atoms with Crippen molar-refractivity contribution in [2.24, 2.45) is 0 Å². The second-order valence-corrected chi connectivity index (χ2v) is 4.82. The number of halogens is 1. The van der Waals surface area contributed by atoms with E-state index >= 15 is 0 Å². The molecule has 0 unspecified atom stereocenters. The van der Waals surface area contributed by atoms with E-state index in [0.29, 0.717) is 6.54 Å². The Labute approximate surface area is 91.3 Å². The number of hydrogen-bond donors (Lipinski definition) is 0. The molecule has 1 heterocycles. The minimum atomic E-state index is -0.136. The number of hydrogen-bond acceptors (Lipinski definition) is 2. The van der Waals surface area contributed by atoms with Gasteiger partial charge in [-0.2, -0.15) is 0 Å². The molecule has 0 aromatic carbocycles. The van der Waals surface area contributed by atoms with Crippen LogP contribution in [0.5, 0.6) is 0 Å². The molecule has 1 saturated carbocycles. The predicted octanol–water partition coefficient (Wildman–Crippen LogP) is 2.31. The van der Waals surface area contributed by atoms with E-state index < -0.39 is 0 Å². The maximum absolute atomic E-state index is 11.4. The summed E-state index contributed by atoms with van der Waals surface area (Å²) in [5.41, 5.74) is 0. The Morgan fingerprint density at radius 3 is 2.92 bits per heavy atom. The lowest BCUT2D eigenvalue weighted by atomic mass is 10.3. The van der Waals surface area contributed by atoms with Crippen LogP contribution in [-0.2, 0) is 4.74 Å². The topological polar surface area (TPSA) is 29.5 Å². The molecule has 1 aliphatic heterocycles. The number of ether oxygens (including phenoxy) is 1. The van der Waals surface area contributed by atoms with Gasteiger partial charge in [-0.25, -0.2) is 4.79 Å². The van der Waals surface area contributed by atoms with Gasteiger partial charge in [0.1, 0.15) is 6.10 Å². The Kier molecular flexibility index (Phi) is 2.76. The number of amides is 1. The summed E-state index contributed by atoms with van der Waals surface area (Å²) in [6, 6.07) is 0. The Bertz CT molecular complexity index is 248. The van der Waals surface area contributed by atoms with Gasteiger partial charge in [-0.15, -0.1) is 0 Å². The van der Waals surface area contributed by atoms with Gasteiger partial charge in [0.05, 0.1) is 0 Å². The molecule has 72 valence electrons. The molecule has 1 amide bonds. The third-order valence-corrected chi connectivity index (χ3v) is 3.18. The molecule has 0 atom stereocenters. The Hall–Kier alpha value is -0.260. The van der Waals surface area contributed by atoms with Gasteiger partial charge in [0.25, 0.3) is 0 Å². The normalized spacial score (nSPS) is 22.5. The summed E-state index contributed by atoms with van der Waals surface area (Å²) in [4.78, 5) is 13.2. The molecular formula is C9H12INO2. The second kappa shape index (κ2) is 3.86. The summed E-state index contributed by atoms with van der Waals surface area (Å²) in [5.74, 6) is 0. The molecule has 3 nitrogen and oxygen atoms in total. The quantitative estimate of drug-likeness (QED) is 0.694. The third kappa shape index (κ3) is 2.59. The first kappa shape index (κ1) is 9.30. The molecule has 0 saturated heterocycles. The predicted molar refractivity (Wildman–Crippen MR) is 57.8 cm³/mol. The lowest BCUT2D eigenvalue weighted by Crippen LogP contribution is -2.35. The molecule has 0 aromatic rings. The number of carbonyl (C=O) groups excluding carboxylic acids is 1. The highest BCUT2D eigenvalue weighted by molar-refractivity contribution is 14.1. The van der Waals surface area contributed by atoms with Crippen LogP contribution in [0.2, 0.25) is 0 Å². The molecule has 1 aliphatic carbocycles. The van der Waals surface area contributed by atoms with Crippen molar-refractivity contribution in [1.82, 2.24) is 4.90 Å². The summed E-state index contributed by atoms with van der Waals surface area (Å²) in [6.45, 7) is 1.52. The first-order valence-corrected chi connectivity index (χ1v) is 5.63. The van der Waals surface area contributed by atoms with Crippen molar-refractivity contribution in [2.45, 2.75) is 25.4 Å².